The average Bonchev–Trinajstić information content (AvgIpc) is 2.39. The number of hydrogen-bond acceptors (Lipinski definition) is 2. The van der Waals surface area contributed by atoms with E-state index in [4.69, 9.17) is 11.6 Å². The quantitative estimate of drug-likeness (QED) is 0.777. The summed E-state index contributed by atoms with van der Waals surface area (Å²) in [7, 11) is 0. The van der Waals surface area contributed by atoms with E-state index in [1.54, 1.807) is 6.92 Å². The standard InChI is InChI=1S/C16H26ClNO/c1-5-7-10-18(12(3)6-2)16-9-8-14(13(4)19)11-15(16)17/h8-9,11-13,19H,5-7,10H2,1-4H3/t12?,13-/m0/s1. The van der Waals surface area contributed by atoms with Crippen LogP contribution in [0.5, 0.6) is 0 Å². The van der Waals surface area contributed by atoms with Gasteiger partial charge < -0.3 is 10.0 Å². The van der Waals surface area contributed by atoms with Crippen molar-refractivity contribution in [2.75, 3.05) is 11.4 Å². The fraction of sp³-hybridized carbons (Fsp3) is 0.625. The molecule has 0 radical (unpaired) electrons. The third kappa shape index (κ3) is 4.39. The van der Waals surface area contributed by atoms with Crippen molar-refractivity contribution in [2.45, 2.75) is 59.1 Å². The van der Waals surface area contributed by atoms with E-state index in [2.05, 4.69) is 25.7 Å². The molecule has 1 rings (SSSR count). The van der Waals surface area contributed by atoms with Crippen molar-refractivity contribution in [3.63, 3.8) is 0 Å². The number of nitrogens with zero attached hydrogens (tertiary/aromatic N) is 1. The first-order chi connectivity index (χ1) is 9.01. The number of hydrogen-bond donors (Lipinski definition) is 1. The lowest BCUT2D eigenvalue weighted by molar-refractivity contribution is 0.199. The van der Waals surface area contributed by atoms with Gasteiger partial charge in [-0.1, -0.05) is 37.9 Å². The summed E-state index contributed by atoms with van der Waals surface area (Å²) in [6.45, 7) is 9.41. The number of benzene rings is 1. The van der Waals surface area contributed by atoms with Crippen LogP contribution < -0.4 is 4.90 Å². The predicted molar refractivity (Wildman–Crippen MR) is 84.1 cm³/mol. The van der Waals surface area contributed by atoms with Crippen LogP contribution in [-0.2, 0) is 0 Å². The second kappa shape index (κ2) is 7.76. The zero-order valence-electron chi connectivity index (χ0n) is 12.5. The summed E-state index contributed by atoms with van der Waals surface area (Å²) >= 11 is 6.40. The van der Waals surface area contributed by atoms with Gasteiger partial charge in [-0.3, -0.25) is 0 Å². The lowest BCUT2D eigenvalue weighted by Crippen LogP contribution is -2.33. The number of halogens is 1. The summed E-state index contributed by atoms with van der Waals surface area (Å²) in [6.07, 6.45) is 2.96. The third-order valence-corrected chi connectivity index (χ3v) is 3.94. The minimum atomic E-state index is -0.473. The number of unbranched alkanes of at least 4 members (excludes halogenated alkanes) is 1. The Bertz CT molecular complexity index is 392. The molecule has 0 aliphatic rings. The van der Waals surface area contributed by atoms with Gasteiger partial charge in [0.2, 0.25) is 0 Å². The summed E-state index contributed by atoms with van der Waals surface area (Å²) in [4.78, 5) is 2.37. The van der Waals surface area contributed by atoms with Crippen LogP contribution in [0.1, 0.15) is 58.6 Å². The maximum Gasteiger partial charge on any atom is 0.0762 e. The van der Waals surface area contributed by atoms with Crippen molar-refractivity contribution in [1.82, 2.24) is 0 Å². The van der Waals surface area contributed by atoms with Crippen LogP contribution in [0.4, 0.5) is 5.69 Å². The molecule has 0 aliphatic heterocycles. The Morgan fingerprint density at radius 3 is 2.42 bits per heavy atom. The van der Waals surface area contributed by atoms with Gasteiger partial charge in [0.15, 0.2) is 0 Å². The van der Waals surface area contributed by atoms with E-state index in [1.807, 2.05) is 18.2 Å². The van der Waals surface area contributed by atoms with Crippen LogP contribution >= 0.6 is 11.6 Å². The van der Waals surface area contributed by atoms with E-state index in [1.165, 1.54) is 12.8 Å². The number of aliphatic hydroxyl groups excluding tert-OH is 1. The van der Waals surface area contributed by atoms with Crippen LogP contribution in [0.15, 0.2) is 18.2 Å². The highest BCUT2D eigenvalue weighted by atomic mass is 35.5. The Hall–Kier alpha value is -0.730. The molecule has 19 heavy (non-hydrogen) atoms. The van der Waals surface area contributed by atoms with Gasteiger partial charge in [-0.15, -0.1) is 0 Å². The molecule has 3 heteroatoms. The van der Waals surface area contributed by atoms with E-state index in [0.717, 1.165) is 29.2 Å². The molecule has 0 aliphatic carbocycles. The molecule has 2 nitrogen and oxygen atoms in total. The van der Waals surface area contributed by atoms with E-state index >= 15 is 0 Å². The fourth-order valence-corrected chi connectivity index (χ4v) is 2.44. The molecule has 0 saturated heterocycles. The van der Waals surface area contributed by atoms with Crippen molar-refractivity contribution in [2.24, 2.45) is 0 Å². The zero-order valence-corrected chi connectivity index (χ0v) is 13.2. The van der Waals surface area contributed by atoms with Crippen LogP contribution in [0.3, 0.4) is 0 Å². The smallest absolute Gasteiger partial charge is 0.0762 e. The minimum absolute atomic E-state index is 0.473. The van der Waals surface area contributed by atoms with E-state index in [9.17, 15) is 5.11 Å². The fourth-order valence-electron chi connectivity index (χ4n) is 2.14. The lowest BCUT2D eigenvalue weighted by atomic mass is 10.1. The molecule has 0 spiro atoms. The molecule has 1 N–H and O–H groups in total. The molecular formula is C16H26ClNO. The highest BCUT2D eigenvalue weighted by Gasteiger charge is 2.16. The van der Waals surface area contributed by atoms with Gasteiger partial charge in [0, 0.05) is 12.6 Å². The first kappa shape index (κ1) is 16.3. The zero-order chi connectivity index (χ0) is 14.4. The Balaban J connectivity index is 3.01. The molecule has 108 valence electrons. The Kier molecular flexibility index (Phi) is 6.67. The van der Waals surface area contributed by atoms with E-state index in [-0.39, 0.29) is 0 Å². The van der Waals surface area contributed by atoms with Crippen molar-refractivity contribution in [3.8, 4) is 0 Å². The van der Waals surface area contributed by atoms with Gasteiger partial charge in [-0.25, -0.2) is 0 Å². The Labute approximate surface area is 122 Å². The van der Waals surface area contributed by atoms with Crippen molar-refractivity contribution < 1.29 is 5.11 Å². The highest BCUT2D eigenvalue weighted by Crippen LogP contribution is 2.31. The number of rotatable bonds is 7. The normalized spacial score (nSPS) is 14.2. The van der Waals surface area contributed by atoms with Gasteiger partial charge in [0.05, 0.1) is 16.8 Å². The Morgan fingerprint density at radius 1 is 1.26 bits per heavy atom. The largest absolute Gasteiger partial charge is 0.389 e. The molecule has 0 heterocycles. The molecule has 0 amide bonds. The SMILES string of the molecule is CCCCN(c1ccc([C@H](C)O)cc1Cl)C(C)CC. The molecule has 0 aromatic heterocycles. The molecule has 0 fully saturated rings. The van der Waals surface area contributed by atoms with Crippen molar-refractivity contribution in [1.29, 1.82) is 0 Å². The number of aliphatic hydroxyl groups is 1. The monoisotopic (exact) mass is 283 g/mol. The van der Waals surface area contributed by atoms with Gasteiger partial charge >= 0.3 is 0 Å². The van der Waals surface area contributed by atoms with Gasteiger partial charge in [0.1, 0.15) is 0 Å². The number of anilines is 1. The first-order valence-electron chi connectivity index (χ1n) is 7.25. The lowest BCUT2D eigenvalue weighted by Gasteiger charge is -2.32. The summed E-state index contributed by atoms with van der Waals surface area (Å²) in [6, 6.07) is 6.35. The minimum Gasteiger partial charge on any atom is -0.389 e. The summed E-state index contributed by atoms with van der Waals surface area (Å²) in [5, 5.41) is 10.3. The second-order valence-electron chi connectivity index (χ2n) is 5.19. The summed E-state index contributed by atoms with van der Waals surface area (Å²) in [5.74, 6) is 0. The average molecular weight is 284 g/mol. The Morgan fingerprint density at radius 2 is 1.95 bits per heavy atom. The van der Waals surface area contributed by atoms with Crippen LogP contribution in [0.25, 0.3) is 0 Å². The van der Waals surface area contributed by atoms with Gasteiger partial charge in [-0.2, -0.15) is 0 Å². The molecule has 1 unspecified atom stereocenters. The highest BCUT2D eigenvalue weighted by molar-refractivity contribution is 6.33. The first-order valence-corrected chi connectivity index (χ1v) is 7.63. The maximum absolute atomic E-state index is 9.60. The molecule has 0 saturated carbocycles. The molecular weight excluding hydrogens is 258 g/mol. The predicted octanol–water partition coefficient (Wildman–Crippen LogP) is 4.80. The van der Waals surface area contributed by atoms with E-state index < -0.39 is 6.10 Å². The molecule has 1 aromatic rings. The summed E-state index contributed by atoms with van der Waals surface area (Å²) in [5.41, 5.74) is 1.95. The molecule has 2 atom stereocenters. The maximum atomic E-state index is 9.60. The molecule has 1 aromatic carbocycles. The van der Waals surface area contributed by atoms with Gasteiger partial charge in [-0.05, 0) is 44.4 Å². The topological polar surface area (TPSA) is 23.5 Å². The third-order valence-electron chi connectivity index (χ3n) is 3.64. The van der Waals surface area contributed by atoms with Crippen molar-refractivity contribution in [3.05, 3.63) is 28.8 Å². The molecule has 0 bridgehead atoms. The van der Waals surface area contributed by atoms with Crippen LogP contribution in [0.2, 0.25) is 5.02 Å². The van der Waals surface area contributed by atoms with Crippen LogP contribution in [0, 0.1) is 0 Å². The van der Waals surface area contributed by atoms with Crippen molar-refractivity contribution >= 4 is 17.3 Å². The van der Waals surface area contributed by atoms with Gasteiger partial charge in [0.25, 0.3) is 0 Å². The van der Waals surface area contributed by atoms with E-state index in [0.29, 0.717) is 6.04 Å². The second-order valence-corrected chi connectivity index (χ2v) is 5.60. The van der Waals surface area contributed by atoms with Crippen LogP contribution in [-0.4, -0.2) is 17.7 Å². The summed E-state index contributed by atoms with van der Waals surface area (Å²) < 4.78 is 0.